The van der Waals surface area contributed by atoms with E-state index >= 15 is 0 Å². The summed E-state index contributed by atoms with van der Waals surface area (Å²) in [5.74, 6) is 0.820. The molecule has 1 amide bonds. The number of rotatable bonds is 4. The number of aryl methyl sites for hydroxylation is 2. The van der Waals surface area contributed by atoms with Crippen LogP contribution in [0.3, 0.4) is 0 Å². The number of nitrogens with zero attached hydrogens (tertiary/aromatic N) is 2. The summed E-state index contributed by atoms with van der Waals surface area (Å²) >= 11 is 0. The smallest absolute Gasteiger partial charge is 0.225 e. The number of hydrogen-bond acceptors (Lipinski definition) is 4. The summed E-state index contributed by atoms with van der Waals surface area (Å²) in [6.07, 6.45) is 4.10. The molecule has 0 atom stereocenters. The predicted molar refractivity (Wildman–Crippen MR) is 107 cm³/mol. The number of nitrogens with one attached hydrogen (secondary N) is 1. The zero-order valence-electron chi connectivity index (χ0n) is 15.9. The molecule has 0 bridgehead atoms. The third kappa shape index (κ3) is 3.93. The second-order valence-corrected chi connectivity index (χ2v) is 7.54. The van der Waals surface area contributed by atoms with Crippen molar-refractivity contribution in [2.45, 2.75) is 47.0 Å². The van der Waals surface area contributed by atoms with E-state index in [1.807, 2.05) is 52.0 Å². The third-order valence-electron chi connectivity index (χ3n) is 4.29. The van der Waals surface area contributed by atoms with Crippen molar-refractivity contribution in [2.75, 3.05) is 11.1 Å². The largest absolute Gasteiger partial charge is 0.399 e. The van der Waals surface area contributed by atoms with Gasteiger partial charge in [0.25, 0.3) is 0 Å². The molecule has 0 fully saturated rings. The molecule has 1 aromatic heterocycles. The molecule has 1 aliphatic rings. The van der Waals surface area contributed by atoms with Gasteiger partial charge < -0.3 is 11.1 Å². The van der Waals surface area contributed by atoms with Gasteiger partial charge in [0.1, 0.15) is 5.69 Å². The first-order valence-corrected chi connectivity index (χ1v) is 9.08. The molecule has 0 radical (unpaired) electrons. The molecule has 0 saturated carbocycles. The summed E-state index contributed by atoms with van der Waals surface area (Å²) in [6.45, 7) is 8.07. The van der Waals surface area contributed by atoms with Crippen LogP contribution in [0.5, 0.6) is 0 Å². The fourth-order valence-electron chi connectivity index (χ4n) is 3.20. The van der Waals surface area contributed by atoms with Crippen LogP contribution >= 0.6 is 0 Å². The van der Waals surface area contributed by atoms with Crippen LogP contribution in [0.2, 0.25) is 0 Å². The quantitative estimate of drug-likeness (QED) is 0.809. The highest BCUT2D eigenvalue weighted by atomic mass is 16.1. The Hall–Kier alpha value is -2.69. The van der Waals surface area contributed by atoms with Gasteiger partial charge in [-0.15, -0.1) is 0 Å². The summed E-state index contributed by atoms with van der Waals surface area (Å²) in [5, 5.41) is 2.95. The lowest BCUT2D eigenvalue weighted by molar-refractivity contribution is -0.116. The predicted octanol–water partition coefficient (Wildman–Crippen LogP) is 4.23. The SMILES string of the molecule is CC(C)=Cc1nc2c(nc1NC(=O)CC(C)C)CCc1cc(N)ccc1-2. The number of nitrogens with two attached hydrogens (primary N) is 1. The molecule has 2 aromatic rings. The Bertz CT molecular complexity index is 880. The van der Waals surface area contributed by atoms with Crippen molar-refractivity contribution >= 4 is 23.5 Å². The van der Waals surface area contributed by atoms with Gasteiger partial charge in [-0.1, -0.05) is 25.5 Å². The lowest BCUT2D eigenvalue weighted by Gasteiger charge is -2.21. The summed E-state index contributed by atoms with van der Waals surface area (Å²) in [7, 11) is 0. The van der Waals surface area contributed by atoms with Crippen molar-refractivity contribution in [3.05, 3.63) is 40.7 Å². The maximum Gasteiger partial charge on any atom is 0.225 e. The summed E-state index contributed by atoms with van der Waals surface area (Å²) in [6, 6.07) is 5.92. The minimum Gasteiger partial charge on any atom is -0.399 e. The van der Waals surface area contributed by atoms with Crippen LogP contribution in [-0.4, -0.2) is 15.9 Å². The highest BCUT2D eigenvalue weighted by molar-refractivity contribution is 5.92. The topological polar surface area (TPSA) is 80.9 Å². The van der Waals surface area contributed by atoms with Crippen LogP contribution in [0.4, 0.5) is 11.5 Å². The van der Waals surface area contributed by atoms with E-state index in [0.29, 0.717) is 23.9 Å². The fourth-order valence-corrected chi connectivity index (χ4v) is 3.20. The lowest BCUT2D eigenvalue weighted by Crippen LogP contribution is -2.18. The molecule has 0 aliphatic heterocycles. The molecule has 136 valence electrons. The average Bonchev–Trinajstić information content (AvgIpc) is 2.53. The normalized spacial score (nSPS) is 12.3. The number of hydrogen-bond donors (Lipinski definition) is 2. The van der Waals surface area contributed by atoms with Gasteiger partial charge in [-0.2, -0.15) is 0 Å². The van der Waals surface area contributed by atoms with Crippen molar-refractivity contribution in [1.82, 2.24) is 9.97 Å². The molecule has 0 unspecified atom stereocenters. The summed E-state index contributed by atoms with van der Waals surface area (Å²) < 4.78 is 0. The highest BCUT2D eigenvalue weighted by Gasteiger charge is 2.22. The van der Waals surface area contributed by atoms with Gasteiger partial charge in [-0.05, 0) is 56.4 Å². The molecule has 1 aliphatic carbocycles. The van der Waals surface area contributed by atoms with Crippen molar-refractivity contribution in [2.24, 2.45) is 5.92 Å². The van der Waals surface area contributed by atoms with E-state index in [1.54, 1.807) is 0 Å². The van der Waals surface area contributed by atoms with Gasteiger partial charge in [0.05, 0.1) is 11.4 Å². The minimum atomic E-state index is -0.0263. The summed E-state index contributed by atoms with van der Waals surface area (Å²) in [5.41, 5.74) is 12.6. The number of allylic oxidation sites excluding steroid dienone is 1. The number of benzene rings is 1. The molecule has 3 rings (SSSR count). The fraction of sp³-hybridized carbons (Fsp3) is 0.381. The molecular formula is C21H26N4O. The number of nitrogen functional groups attached to an aromatic ring is 1. The van der Waals surface area contributed by atoms with E-state index < -0.39 is 0 Å². The first-order chi connectivity index (χ1) is 12.3. The Labute approximate surface area is 154 Å². The minimum absolute atomic E-state index is 0.0263. The molecule has 0 saturated heterocycles. The van der Waals surface area contributed by atoms with Crippen molar-refractivity contribution in [3.63, 3.8) is 0 Å². The van der Waals surface area contributed by atoms with Crippen LogP contribution in [0.1, 0.15) is 51.1 Å². The highest BCUT2D eigenvalue weighted by Crippen LogP contribution is 2.34. The Kier molecular flexibility index (Phi) is 5.07. The van der Waals surface area contributed by atoms with Crippen LogP contribution in [0.15, 0.2) is 23.8 Å². The van der Waals surface area contributed by atoms with Gasteiger partial charge in [-0.3, -0.25) is 4.79 Å². The first-order valence-electron chi connectivity index (χ1n) is 9.08. The van der Waals surface area contributed by atoms with E-state index in [-0.39, 0.29) is 5.91 Å². The van der Waals surface area contributed by atoms with E-state index in [2.05, 4.69) is 5.32 Å². The zero-order valence-corrected chi connectivity index (χ0v) is 15.9. The van der Waals surface area contributed by atoms with Crippen molar-refractivity contribution in [3.8, 4) is 11.3 Å². The molecule has 5 nitrogen and oxygen atoms in total. The zero-order chi connectivity index (χ0) is 18.8. The van der Waals surface area contributed by atoms with Gasteiger partial charge in [-0.25, -0.2) is 9.97 Å². The monoisotopic (exact) mass is 350 g/mol. The third-order valence-corrected chi connectivity index (χ3v) is 4.29. The van der Waals surface area contributed by atoms with Gasteiger partial charge >= 0.3 is 0 Å². The van der Waals surface area contributed by atoms with Crippen LogP contribution in [-0.2, 0) is 17.6 Å². The molecule has 1 aromatic carbocycles. The van der Waals surface area contributed by atoms with Crippen LogP contribution in [0.25, 0.3) is 17.3 Å². The summed E-state index contributed by atoms with van der Waals surface area (Å²) in [4.78, 5) is 21.9. The van der Waals surface area contributed by atoms with Crippen molar-refractivity contribution in [1.29, 1.82) is 0 Å². The Balaban J connectivity index is 2.06. The number of carbonyl (C=O) groups is 1. The second-order valence-electron chi connectivity index (χ2n) is 7.54. The maximum absolute atomic E-state index is 12.3. The van der Waals surface area contributed by atoms with Crippen LogP contribution in [0, 0.1) is 5.92 Å². The van der Waals surface area contributed by atoms with E-state index in [4.69, 9.17) is 15.7 Å². The lowest BCUT2D eigenvalue weighted by atomic mass is 9.91. The standard InChI is InChI=1S/C21H26N4O/c1-12(2)9-18-21(25-19(26)10-13(3)4)24-17-8-5-14-11-15(22)6-7-16(14)20(17)23-18/h6-7,9,11,13H,5,8,10,22H2,1-4H3,(H,24,25,26). The van der Waals surface area contributed by atoms with E-state index in [9.17, 15) is 4.79 Å². The maximum atomic E-state index is 12.3. The van der Waals surface area contributed by atoms with Crippen LogP contribution < -0.4 is 11.1 Å². The average molecular weight is 350 g/mol. The van der Waals surface area contributed by atoms with Gasteiger partial charge in [0.2, 0.25) is 5.91 Å². The number of anilines is 2. The Morgan fingerprint density at radius 2 is 2.04 bits per heavy atom. The first kappa shape index (κ1) is 18.1. The number of carbonyl (C=O) groups excluding carboxylic acids is 1. The molecule has 0 spiro atoms. The van der Waals surface area contributed by atoms with E-state index in [0.717, 1.165) is 41.1 Å². The second kappa shape index (κ2) is 7.28. The molecule has 26 heavy (non-hydrogen) atoms. The van der Waals surface area contributed by atoms with E-state index in [1.165, 1.54) is 5.56 Å². The molecule has 5 heteroatoms. The molecule has 1 heterocycles. The molecule has 3 N–H and O–H groups in total. The Morgan fingerprint density at radius 3 is 2.73 bits per heavy atom. The number of amides is 1. The van der Waals surface area contributed by atoms with Gasteiger partial charge in [0.15, 0.2) is 5.82 Å². The van der Waals surface area contributed by atoms with Gasteiger partial charge in [0, 0.05) is 17.7 Å². The number of fused-ring (bicyclic) bond motifs is 3. The van der Waals surface area contributed by atoms with Crippen molar-refractivity contribution < 1.29 is 4.79 Å². The Morgan fingerprint density at radius 1 is 1.27 bits per heavy atom. The molecular weight excluding hydrogens is 324 g/mol. The number of aromatic nitrogens is 2.